The molecule has 13 heavy (non-hydrogen) atoms. The summed E-state index contributed by atoms with van der Waals surface area (Å²) in [5.41, 5.74) is 0. The zero-order chi connectivity index (χ0) is 10.1. The molecular formula is C10H21ClN2. The molecule has 0 radical (unpaired) electrons. The van der Waals surface area contributed by atoms with Crippen LogP contribution in [0.2, 0.25) is 0 Å². The highest BCUT2D eigenvalue weighted by molar-refractivity contribution is 6.18. The molecule has 0 aromatic heterocycles. The lowest BCUT2D eigenvalue weighted by atomic mass is 10.3. The van der Waals surface area contributed by atoms with Crippen LogP contribution in [0.4, 0.5) is 0 Å². The van der Waals surface area contributed by atoms with E-state index >= 15 is 0 Å². The summed E-state index contributed by atoms with van der Waals surface area (Å²) in [6.07, 6.45) is 4.02. The van der Waals surface area contributed by atoms with Crippen LogP contribution >= 0.6 is 11.6 Å². The minimum atomic E-state index is 0.605. The Morgan fingerprint density at radius 1 is 1.38 bits per heavy atom. The molecule has 0 unspecified atom stereocenters. The summed E-state index contributed by atoms with van der Waals surface area (Å²) in [6, 6.07) is 0.625. The van der Waals surface area contributed by atoms with E-state index in [0.29, 0.717) is 11.9 Å². The van der Waals surface area contributed by atoms with Gasteiger partial charge in [-0.2, -0.15) is 0 Å². The smallest absolute Gasteiger partial charge is 0.0404 e. The third-order valence-electron chi connectivity index (χ3n) is 2.04. The van der Waals surface area contributed by atoms with E-state index in [1.165, 1.54) is 0 Å². The van der Waals surface area contributed by atoms with Crippen molar-refractivity contribution in [3.05, 3.63) is 12.2 Å². The van der Waals surface area contributed by atoms with Crippen molar-refractivity contribution in [3.63, 3.8) is 0 Å². The molecule has 0 aliphatic heterocycles. The molecule has 0 rings (SSSR count). The number of hydrogen-bond donors (Lipinski definition) is 1. The maximum absolute atomic E-state index is 5.48. The maximum atomic E-state index is 5.48. The highest BCUT2D eigenvalue weighted by atomic mass is 35.5. The van der Waals surface area contributed by atoms with Gasteiger partial charge in [-0.25, -0.2) is 0 Å². The molecule has 3 heteroatoms. The van der Waals surface area contributed by atoms with E-state index in [-0.39, 0.29) is 0 Å². The van der Waals surface area contributed by atoms with Gasteiger partial charge in [-0.05, 0) is 20.9 Å². The molecular weight excluding hydrogens is 184 g/mol. The third-order valence-corrected chi connectivity index (χ3v) is 2.22. The predicted molar refractivity (Wildman–Crippen MR) is 60.5 cm³/mol. The summed E-state index contributed by atoms with van der Waals surface area (Å²) in [6.45, 7) is 7.44. The SMILES string of the molecule is CC(C)N(C)CCNC/C=C/CCl. The lowest BCUT2D eigenvalue weighted by Crippen LogP contribution is -2.33. The number of rotatable bonds is 7. The van der Waals surface area contributed by atoms with Crippen molar-refractivity contribution in [2.75, 3.05) is 32.6 Å². The Morgan fingerprint density at radius 3 is 2.62 bits per heavy atom. The van der Waals surface area contributed by atoms with E-state index in [0.717, 1.165) is 19.6 Å². The van der Waals surface area contributed by atoms with Gasteiger partial charge in [-0.3, -0.25) is 0 Å². The normalized spacial score (nSPS) is 12.2. The standard InChI is InChI=1S/C10H21ClN2/c1-10(2)13(3)9-8-12-7-5-4-6-11/h4-5,10,12H,6-9H2,1-3H3/b5-4+. The molecule has 78 valence electrons. The van der Waals surface area contributed by atoms with E-state index in [1.807, 2.05) is 6.08 Å². The Balaban J connectivity index is 3.20. The van der Waals surface area contributed by atoms with Gasteiger partial charge in [0, 0.05) is 31.6 Å². The second kappa shape index (κ2) is 8.54. The highest BCUT2D eigenvalue weighted by Gasteiger charge is 2.00. The third kappa shape index (κ3) is 8.28. The number of allylic oxidation sites excluding steroid dienone is 1. The van der Waals surface area contributed by atoms with Crippen molar-refractivity contribution in [1.82, 2.24) is 10.2 Å². The molecule has 0 spiro atoms. The number of halogens is 1. The predicted octanol–water partition coefficient (Wildman–Crippen LogP) is 1.71. The second-order valence-electron chi connectivity index (χ2n) is 3.40. The van der Waals surface area contributed by atoms with E-state index in [9.17, 15) is 0 Å². The average molecular weight is 205 g/mol. The maximum Gasteiger partial charge on any atom is 0.0404 e. The Kier molecular flexibility index (Phi) is 8.51. The first kappa shape index (κ1) is 12.9. The second-order valence-corrected chi connectivity index (χ2v) is 3.71. The summed E-state index contributed by atoms with van der Waals surface area (Å²) in [5.74, 6) is 0.605. The highest BCUT2D eigenvalue weighted by Crippen LogP contribution is 1.90. The monoisotopic (exact) mass is 204 g/mol. The van der Waals surface area contributed by atoms with Gasteiger partial charge in [0.05, 0.1) is 0 Å². The summed E-state index contributed by atoms with van der Waals surface area (Å²) in [5, 5.41) is 3.32. The molecule has 0 atom stereocenters. The first-order chi connectivity index (χ1) is 6.18. The molecule has 0 heterocycles. The van der Waals surface area contributed by atoms with Gasteiger partial charge in [-0.1, -0.05) is 12.2 Å². The van der Waals surface area contributed by atoms with Crippen LogP contribution in [-0.2, 0) is 0 Å². The van der Waals surface area contributed by atoms with E-state index in [4.69, 9.17) is 11.6 Å². The zero-order valence-electron chi connectivity index (χ0n) is 8.89. The minimum Gasteiger partial charge on any atom is -0.312 e. The Morgan fingerprint density at radius 2 is 2.08 bits per heavy atom. The lowest BCUT2D eigenvalue weighted by Gasteiger charge is -2.20. The minimum absolute atomic E-state index is 0.605. The molecule has 0 aliphatic carbocycles. The fraction of sp³-hybridized carbons (Fsp3) is 0.800. The van der Waals surface area contributed by atoms with E-state index in [1.54, 1.807) is 0 Å². The lowest BCUT2D eigenvalue weighted by molar-refractivity contribution is 0.275. The fourth-order valence-electron chi connectivity index (χ4n) is 0.845. The molecule has 0 aromatic carbocycles. The number of alkyl halides is 1. The van der Waals surface area contributed by atoms with E-state index in [2.05, 4.69) is 37.2 Å². The van der Waals surface area contributed by atoms with Gasteiger partial charge < -0.3 is 10.2 Å². The van der Waals surface area contributed by atoms with Crippen LogP contribution in [0.1, 0.15) is 13.8 Å². The van der Waals surface area contributed by atoms with Gasteiger partial charge in [0.1, 0.15) is 0 Å². The van der Waals surface area contributed by atoms with Crippen LogP contribution in [0.3, 0.4) is 0 Å². The number of nitrogens with one attached hydrogen (secondary N) is 1. The van der Waals surface area contributed by atoms with Gasteiger partial charge in [-0.15, -0.1) is 11.6 Å². The molecule has 0 saturated heterocycles. The zero-order valence-corrected chi connectivity index (χ0v) is 9.64. The van der Waals surface area contributed by atoms with Crippen molar-refractivity contribution in [2.24, 2.45) is 0 Å². The van der Waals surface area contributed by atoms with Crippen molar-refractivity contribution >= 4 is 11.6 Å². The molecule has 0 bridgehead atoms. The average Bonchev–Trinajstić information content (AvgIpc) is 2.10. The van der Waals surface area contributed by atoms with Crippen LogP contribution < -0.4 is 5.32 Å². The molecule has 0 aromatic rings. The molecule has 0 fully saturated rings. The summed E-state index contributed by atoms with van der Waals surface area (Å²) >= 11 is 5.48. The molecule has 1 N–H and O–H groups in total. The van der Waals surface area contributed by atoms with Crippen molar-refractivity contribution in [2.45, 2.75) is 19.9 Å². The number of hydrogen-bond acceptors (Lipinski definition) is 2. The number of likely N-dealkylation sites (N-methyl/N-ethyl adjacent to an activating group) is 1. The largest absolute Gasteiger partial charge is 0.312 e. The summed E-state index contributed by atoms with van der Waals surface area (Å²) in [4.78, 5) is 2.32. The van der Waals surface area contributed by atoms with Crippen molar-refractivity contribution in [1.29, 1.82) is 0 Å². The van der Waals surface area contributed by atoms with Crippen LogP contribution in [0.15, 0.2) is 12.2 Å². The van der Waals surface area contributed by atoms with Crippen LogP contribution in [-0.4, -0.2) is 43.5 Å². The molecule has 0 aliphatic rings. The van der Waals surface area contributed by atoms with Crippen molar-refractivity contribution < 1.29 is 0 Å². The molecule has 0 amide bonds. The van der Waals surface area contributed by atoms with Crippen molar-refractivity contribution in [3.8, 4) is 0 Å². The van der Waals surface area contributed by atoms with Gasteiger partial charge in [0.25, 0.3) is 0 Å². The van der Waals surface area contributed by atoms with Crippen LogP contribution in [0.5, 0.6) is 0 Å². The Labute approximate surface area is 86.9 Å². The Bertz CT molecular complexity index is 135. The van der Waals surface area contributed by atoms with Crippen LogP contribution in [0, 0.1) is 0 Å². The first-order valence-electron chi connectivity index (χ1n) is 4.80. The molecule has 2 nitrogen and oxygen atoms in total. The summed E-state index contributed by atoms with van der Waals surface area (Å²) < 4.78 is 0. The van der Waals surface area contributed by atoms with Gasteiger partial charge in [0.2, 0.25) is 0 Å². The van der Waals surface area contributed by atoms with Gasteiger partial charge >= 0.3 is 0 Å². The fourth-order valence-corrected chi connectivity index (χ4v) is 0.971. The van der Waals surface area contributed by atoms with Crippen LogP contribution in [0.25, 0.3) is 0 Å². The topological polar surface area (TPSA) is 15.3 Å². The van der Waals surface area contributed by atoms with E-state index < -0.39 is 0 Å². The van der Waals surface area contributed by atoms with Gasteiger partial charge in [0.15, 0.2) is 0 Å². The molecule has 0 saturated carbocycles. The summed E-state index contributed by atoms with van der Waals surface area (Å²) in [7, 11) is 2.14. The number of nitrogens with zero attached hydrogens (tertiary/aromatic N) is 1. The first-order valence-corrected chi connectivity index (χ1v) is 5.34. The Hall–Kier alpha value is -0.0500. The quantitative estimate of drug-likeness (QED) is 0.386.